The predicted molar refractivity (Wildman–Crippen MR) is 70.0 cm³/mol. The molecule has 7 heteroatoms. The van der Waals surface area contributed by atoms with Gasteiger partial charge in [0.1, 0.15) is 15.7 Å². The van der Waals surface area contributed by atoms with Crippen molar-refractivity contribution in [2.24, 2.45) is 5.73 Å². The second-order valence-electron chi connectivity index (χ2n) is 4.28. The molecule has 0 amide bonds. The van der Waals surface area contributed by atoms with Crippen molar-refractivity contribution in [2.45, 2.75) is 19.4 Å². The summed E-state index contributed by atoms with van der Waals surface area (Å²) >= 11 is 0. The number of hydrogen-bond acceptors (Lipinski definition) is 6. The second-order valence-corrected chi connectivity index (χ2v) is 6.54. The summed E-state index contributed by atoms with van der Waals surface area (Å²) in [6.45, 7) is 1.73. The van der Waals surface area contributed by atoms with Gasteiger partial charge < -0.3 is 11.5 Å². The molecule has 4 N–H and O–H groups in total. The van der Waals surface area contributed by atoms with Crippen molar-refractivity contribution in [1.29, 1.82) is 0 Å². The molecule has 0 saturated heterocycles. The molecule has 0 saturated carbocycles. The second kappa shape index (κ2) is 5.45. The normalized spacial score (nSPS) is 13.3. The van der Waals surface area contributed by atoms with E-state index in [0.29, 0.717) is 5.56 Å². The summed E-state index contributed by atoms with van der Waals surface area (Å²) in [5.41, 5.74) is 12.3. The third-order valence-corrected chi connectivity index (χ3v) is 3.55. The van der Waals surface area contributed by atoms with Gasteiger partial charge in [0.05, 0.1) is 17.4 Å². The summed E-state index contributed by atoms with van der Waals surface area (Å²) < 4.78 is 22.0. The number of nitrogens with zero attached hydrogens (tertiary/aromatic N) is 1. The van der Waals surface area contributed by atoms with E-state index in [2.05, 4.69) is 4.98 Å². The van der Waals surface area contributed by atoms with Crippen molar-refractivity contribution in [2.75, 3.05) is 17.7 Å². The maximum Gasteiger partial charge on any atom is 0.183 e. The Morgan fingerprint density at radius 1 is 1.50 bits per heavy atom. The topological polar surface area (TPSA) is 116 Å². The van der Waals surface area contributed by atoms with E-state index in [-0.39, 0.29) is 29.3 Å². The molecule has 6 nitrogen and oxygen atoms in total. The molecule has 1 aromatic rings. The summed E-state index contributed by atoms with van der Waals surface area (Å²) in [4.78, 5) is 15.9. The highest BCUT2D eigenvalue weighted by molar-refractivity contribution is 7.90. The average Bonchev–Trinajstić information content (AvgIpc) is 2.24. The van der Waals surface area contributed by atoms with Gasteiger partial charge >= 0.3 is 0 Å². The van der Waals surface area contributed by atoms with Crippen molar-refractivity contribution in [3.8, 4) is 0 Å². The number of nitrogens with two attached hydrogens (primary N) is 2. The molecule has 0 fully saturated rings. The third-order valence-electron chi connectivity index (χ3n) is 2.57. The molecule has 0 aliphatic heterocycles. The van der Waals surface area contributed by atoms with Gasteiger partial charge in [-0.1, -0.05) is 0 Å². The first-order chi connectivity index (χ1) is 8.22. The van der Waals surface area contributed by atoms with Crippen LogP contribution in [0.3, 0.4) is 0 Å². The minimum Gasteiger partial charge on any atom is -0.383 e. The zero-order valence-corrected chi connectivity index (χ0v) is 11.2. The van der Waals surface area contributed by atoms with Gasteiger partial charge in [-0.25, -0.2) is 13.4 Å². The standard InChI is InChI=1S/C11H17N3O3S/c1-7-3-5-14-11(13)9(7)10(15)8(12)4-6-18(2,16)17/h3,5,8H,4,6,12H2,1-2H3,(H2,13,14). The fourth-order valence-corrected chi connectivity index (χ4v) is 2.24. The number of aryl methyl sites for hydroxylation is 1. The lowest BCUT2D eigenvalue weighted by Crippen LogP contribution is -2.33. The molecule has 1 heterocycles. The average molecular weight is 271 g/mol. The minimum absolute atomic E-state index is 0.0748. The van der Waals surface area contributed by atoms with Crippen LogP contribution in [-0.2, 0) is 9.84 Å². The van der Waals surface area contributed by atoms with E-state index in [4.69, 9.17) is 11.5 Å². The fraction of sp³-hybridized carbons (Fsp3) is 0.455. The zero-order valence-electron chi connectivity index (χ0n) is 10.4. The van der Waals surface area contributed by atoms with Gasteiger partial charge in [0.2, 0.25) is 0 Å². The number of ketones is 1. The van der Waals surface area contributed by atoms with Crippen LogP contribution < -0.4 is 11.5 Å². The van der Waals surface area contributed by atoms with E-state index < -0.39 is 15.9 Å². The number of aromatic nitrogens is 1. The molecular formula is C11H17N3O3S. The Labute approximate surface area is 106 Å². The van der Waals surface area contributed by atoms with Gasteiger partial charge in [0.25, 0.3) is 0 Å². The van der Waals surface area contributed by atoms with Crippen LogP contribution in [0.25, 0.3) is 0 Å². The Balaban J connectivity index is 2.87. The molecule has 0 aliphatic rings. The maximum atomic E-state index is 12.1. The number of anilines is 1. The van der Waals surface area contributed by atoms with E-state index in [1.165, 1.54) is 6.20 Å². The Kier molecular flexibility index (Phi) is 4.42. The van der Waals surface area contributed by atoms with Crippen LogP contribution in [0.4, 0.5) is 5.82 Å². The van der Waals surface area contributed by atoms with Crippen molar-refractivity contribution in [3.63, 3.8) is 0 Å². The first-order valence-electron chi connectivity index (χ1n) is 5.41. The van der Waals surface area contributed by atoms with Gasteiger partial charge in [-0.05, 0) is 25.0 Å². The summed E-state index contributed by atoms with van der Waals surface area (Å²) in [5.74, 6) is -0.379. The first kappa shape index (κ1) is 14.6. The lowest BCUT2D eigenvalue weighted by atomic mass is 10.00. The lowest BCUT2D eigenvalue weighted by molar-refractivity contribution is 0.0960. The number of carbonyl (C=O) groups excluding carboxylic acids is 1. The van der Waals surface area contributed by atoms with Crippen LogP contribution in [0.15, 0.2) is 12.3 Å². The number of nitrogen functional groups attached to an aromatic ring is 1. The molecule has 0 aliphatic carbocycles. The molecule has 0 aromatic carbocycles. The molecule has 18 heavy (non-hydrogen) atoms. The van der Waals surface area contributed by atoms with Crippen molar-refractivity contribution in [1.82, 2.24) is 4.98 Å². The van der Waals surface area contributed by atoms with Crippen molar-refractivity contribution < 1.29 is 13.2 Å². The smallest absolute Gasteiger partial charge is 0.183 e. The summed E-state index contributed by atoms with van der Waals surface area (Å²) in [6.07, 6.45) is 2.68. The van der Waals surface area contributed by atoms with Crippen LogP contribution in [-0.4, -0.2) is 37.2 Å². The van der Waals surface area contributed by atoms with E-state index in [0.717, 1.165) is 6.26 Å². The number of sulfone groups is 1. The van der Waals surface area contributed by atoms with E-state index >= 15 is 0 Å². The minimum atomic E-state index is -3.13. The Morgan fingerprint density at radius 3 is 2.61 bits per heavy atom. The van der Waals surface area contributed by atoms with Crippen LogP contribution in [0, 0.1) is 6.92 Å². The summed E-state index contributed by atoms with van der Waals surface area (Å²) in [5, 5.41) is 0. The van der Waals surface area contributed by atoms with Gasteiger partial charge in [-0.15, -0.1) is 0 Å². The fourth-order valence-electron chi connectivity index (χ4n) is 1.56. The first-order valence-corrected chi connectivity index (χ1v) is 7.47. The predicted octanol–water partition coefficient (Wildman–Crippen LogP) is -0.0831. The number of Topliss-reactive ketones (excluding diaryl/α,β-unsaturated/α-hetero) is 1. The van der Waals surface area contributed by atoms with E-state index in [1.54, 1.807) is 13.0 Å². The summed E-state index contributed by atoms with van der Waals surface area (Å²) in [6, 6.07) is 0.775. The highest BCUT2D eigenvalue weighted by Gasteiger charge is 2.21. The monoisotopic (exact) mass is 271 g/mol. The van der Waals surface area contributed by atoms with Gasteiger partial charge in [-0.3, -0.25) is 4.79 Å². The number of rotatable bonds is 5. The van der Waals surface area contributed by atoms with E-state index in [1.807, 2.05) is 0 Å². The number of carbonyl (C=O) groups is 1. The SMILES string of the molecule is Cc1ccnc(N)c1C(=O)C(N)CCS(C)(=O)=O. The van der Waals surface area contributed by atoms with Crippen LogP contribution in [0.5, 0.6) is 0 Å². The number of hydrogen-bond donors (Lipinski definition) is 2. The molecule has 1 rings (SSSR count). The van der Waals surface area contributed by atoms with Crippen LogP contribution in [0.1, 0.15) is 22.3 Å². The molecule has 1 aromatic heterocycles. The molecule has 0 radical (unpaired) electrons. The zero-order chi connectivity index (χ0) is 13.9. The lowest BCUT2D eigenvalue weighted by Gasteiger charge is -2.13. The quantitative estimate of drug-likeness (QED) is 0.723. The molecule has 100 valence electrons. The molecule has 0 spiro atoms. The van der Waals surface area contributed by atoms with Gasteiger partial charge in [-0.2, -0.15) is 0 Å². The highest BCUT2D eigenvalue weighted by atomic mass is 32.2. The summed E-state index contributed by atoms with van der Waals surface area (Å²) in [7, 11) is -3.13. The Hall–Kier alpha value is -1.47. The highest BCUT2D eigenvalue weighted by Crippen LogP contribution is 2.16. The molecular weight excluding hydrogens is 254 g/mol. The van der Waals surface area contributed by atoms with Gasteiger partial charge in [0.15, 0.2) is 5.78 Å². The van der Waals surface area contributed by atoms with Crippen molar-refractivity contribution >= 4 is 21.4 Å². The third kappa shape index (κ3) is 3.78. The van der Waals surface area contributed by atoms with Crippen molar-refractivity contribution in [3.05, 3.63) is 23.4 Å². The Morgan fingerprint density at radius 2 is 2.11 bits per heavy atom. The molecule has 1 atom stereocenters. The molecule has 0 bridgehead atoms. The molecule has 1 unspecified atom stereocenters. The van der Waals surface area contributed by atoms with E-state index in [9.17, 15) is 13.2 Å². The van der Waals surface area contributed by atoms with Crippen LogP contribution in [0.2, 0.25) is 0 Å². The maximum absolute atomic E-state index is 12.1. The number of pyridine rings is 1. The Bertz CT molecular complexity index is 534. The van der Waals surface area contributed by atoms with Crippen LogP contribution >= 0.6 is 0 Å². The largest absolute Gasteiger partial charge is 0.383 e. The van der Waals surface area contributed by atoms with Gasteiger partial charge in [0, 0.05) is 12.5 Å².